The Morgan fingerprint density at radius 1 is 1.58 bits per heavy atom. The van der Waals surface area contributed by atoms with Gasteiger partial charge in [-0.05, 0) is 40.2 Å². The maximum atomic E-state index is 9.22. The Morgan fingerprint density at radius 2 is 2.37 bits per heavy atom. The molecule has 0 bridgehead atoms. The largest absolute Gasteiger partial charge is 0.464 e. The molecule has 19 heavy (non-hydrogen) atoms. The number of nitriles is 1. The summed E-state index contributed by atoms with van der Waals surface area (Å²) in [6.45, 7) is 3.62. The van der Waals surface area contributed by atoms with Crippen molar-refractivity contribution in [1.82, 2.24) is 4.98 Å². The lowest BCUT2D eigenvalue weighted by molar-refractivity contribution is 0.582. The molecule has 0 atom stereocenters. The highest BCUT2D eigenvalue weighted by Crippen LogP contribution is 2.31. The zero-order valence-electron chi connectivity index (χ0n) is 9.80. The number of hydrogen-bond donors (Lipinski definition) is 1. The van der Waals surface area contributed by atoms with E-state index in [0.717, 1.165) is 0 Å². The van der Waals surface area contributed by atoms with Crippen LogP contribution in [-0.2, 0) is 0 Å². The molecule has 0 aliphatic rings. The molecule has 2 rings (SSSR count). The topological polar surface area (TPSA) is 49.8 Å². The van der Waals surface area contributed by atoms with Crippen molar-refractivity contribution in [3.05, 3.63) is 59.1 Å². The molecular formula is C14H9BrN2OS. The van der Waals surface area contributed by atoms with E-state index in [1.54, 1.807) is 36.6 Å². The van der Waals surface area contributed by atoms with E-state index in [1.807, 2.05) is 0 Å². The number of nitrogens with zero attached hydrogens (tertiary/aromatic N) is 2. The van der Waals surface area contributed by atoms with Crippen molar-refractivity contribution in [3.63, 3.8) is 0 Å². The normalized spacial score (nSPS) is 11.1. The molecular weight excluding hydrogens is 324 g/mol. The molecule has 0 unspecified atom stereocenters. The maximum absolute atomic E-state index is 9.22. The number of hydrogen-bond acceptors (Lipinski definition) is 4. The van der Waals surface area contributed by atoms with Crippen LogP contribution in [0.2, 0.25) is 0 Å². The van der Waals surface area contributed by atoms with Crippen LogP contribution in [0.4, 0.5) is 0 Å². The molecule has 94 valence electrons. The lowest BCUT2D eigenvalue weighted by atomic mass is 10.1. The second-order valence-corrected chi connectivity index (χ2v) is 4.83. The number of halogens is 1. The van der Waals surface area contributed by atoms with E-state index in [-0.39, 0.29) is 0 Å². The van der Waals surface area contributed by atoms with Crippen molar-refractivity contribution in [2.75, 3.05) is 0 Å². The summed E-state index contributed by atoms with van der Waals surface area (Å²) >= 11 is 7.65. The third kappa shape index (κ3) is 2.80. The Bertz CT molecular complexity index is 684. The van der Waals surface area contributed by atoms with Gasteiger partial charge in [-0.2, -0.15) is 5.26 Å². The SMILES string of the molecule is C=C/C=C(\S)c1cc(-c2ccco2)c(C#N)c(Br)n1. The Balaban J connectivity index is 2.68. The summed E-state index contributed by atoms with van der Waals surface area (Å²) in [5.74, 6) is 0.612. The fourth-order valence-electron chi connectivity index (χ4n) is 1.57. The highest BCUT2D eigenvalue weighted by molar-refractivity contribution is 9.10. The molecule has 0 aliphatic carbocycles. The highest BCUT2D eigenvalue weighted by atomic mass is 79.9. The highest BCUT2D eigenvalue weighted by Gasteiger charge is 2.15. The molecule has 0 aliphatic heterocycles. The van der Waals surface area contributed by atoms with Crippen LogP contribution in [0.5, 0.6) is 0 Å². The average Bonchev–Trinajstić information content (AvgIpc) is 2.91. The molecule has 0 radical (unpaired) electrons. The molecule has 0 fully saturated rings. The molecule has 5 heteroatoms. The summed E-state index contributed by atoms with van der Waals surface area (Å²) in [7, 11) is 0. The van der Waals surface area contributed by atoms with Crippen LogP contribution >= 0.6 is 28.6 Å². The number of allylic oxidation sites excluding steroid dienone is 2. The van der Waals surface area contributed by atoms with E-state index in [9.17, 15) is 5.26 Å². The van der Waals surface area contributed by atoms with E-state index < -0.39 is 0 Å². The zero-order chi connectivity index (χ0) is 13.8. The minimum atomic E-state index is 0.429. The van der Waals surface area contributed by atoms with Crippen LogP contribution < -0.4 is 0 Å². The van der Waals surface area contributed by atoms with Crippen LogP contribution in [0.3, 0.4) is 0 Å². The molecule has 2 aromatic rings. The minimum absolute atomic E-state index is 0.429. The van der Waals surface area contributed by atoms with Crippen molar-refractivity contribution >= 4 is 33.5 Å². The average molecular weight is 333 g/mol. The fourth-order valence-corrected chi connectivity index (χ4v) is 2.29. The molecule has 0 spiro atoms. The van der Waals surface area contributed by atoms with E-state index >= 15 is 0 Å². The Kier molecular flexibility index (Phi) is 4.25. The van der Waals surface area contributed by atoms with Crippen molar-refractivity contribution < 1.29 is 4.42 Å². The van der Waals surface area contributed by atoms with Crippen LogP contribution in [-0.4, -0.2) is 4.98 Å². The van der Waals surface area contributed by atoms with Gasteiger partial charge in [0, 0.05) is 10.5 Å². The van der Waals surface area contributed by atoms with Gasteiger partial charge in [-0.15, -0.1) is 12.6 Å². The van der Waals surface area contributed by atoms with E-state index in [2.05, 4.69) is 46.2 Å². The van der Waals surface area contributed by atoms with Gasteiger partial charge in [-0.3, -0.25) is 0 Å². The third-order valence-electron chi connectivity index (χ3n) is 2.41. The molecule has 2 aromatic heterocycles. The monoisotopic (exact) mass is 332 g/mol. The maximum Gasteiger partial charge on any atom is 0.135 e. The van der Waals surface area contributed by atoms with Crippen LogP contribution in [0.25, 0.3) is 16.2 Å². The van der Waals surface area contributed by atoms with Crippen molar-refractivity contribution in [1.29, 1.82) is 5.26 Å². The molecule has 0 N–H and O–H groups in total. The summed E-state index contributed by atoms with van der Waals surface area (Å²) in [5.41, 5.74) is 1.74. The van der Waals surface area contributed by atoms with Gasteiger partial charge < -0.3 is 4.42 Å². The second-order valence-electron chi connectivity index (χ2n) is 3.60. The van der Waals surface area contributed by atoms with Gasteiger partial charge in [-0.25, -0.2) is 4.98 Å². The molecule has 0 aromatic carbocycles. The second kappa shape index (κ2) is 5.91. The number of thiol groups is 1. The van der Waals surface area contributed by atoms with Gasteiger partial charge >= 0.3 is 0 Å². The number of aromatic nitrogens is 1. The summed E-state index contributed by atoms with van der Waals surface area (Å²) in [4.78, 5) is 4.95. The molecule has 0 saturated carbocycles. The Labute approximate surface area is 124 Å². The van der Waals surface area contributed by atoms with Gasteiger partial charge in [0.2, 0.25) is 0 Å². The van der Waals surface area contributed by atoms with Gasteiger partial charge in [0.1, 0.15) is 16.4 Å². The summed E-state index contributed by atoms with van der Waals surface area (Å²) in [6.07, 6.45) is 4.92. The molecule has 0 saturated heterocycles. The zero-order valence-corrected chi connectivity index (χ0v) is 12.3. The van der Waals surface area contributed by atoms with Gasteiger partial charge in [0.25, 0.3) is 0 Å². The first-order valence-corrected chi connectivity index (χ1v) is 6.58. The number of furan rings is 1. The Morgan fingerprint density at radius 3 is 2.95 bits per heavy atom. The lowest BCUT2D eigenvalue weighted by Gasteiger charge is -2.07. The summed E-state index contributed by atoms with van der Waals surface area (Å²) in [5, 5.41) is 9.22. The first kappa shape index (κ1) is 13.7. The van der Waals surface area contributed by atoms with Crippen molar-refractivity contribution in [2.45, 2.75) is 0 Å². The minimum Gasteiger partial charge on any atom is -0.464 e. The number of rotatable bonds is 3. The van der Waals surface area contributed by atoms with Gasteiger partial charge in [-0.1, -0.05) is 12.7 Å². The van der Waals surface area contributed by atoms with E-state index in [0.29, 0.717) is 32.1 Å². The smallest absolute Gasteiger partial charge is 0.135 e. The van der Waals surface area contributed by atoms with Gasteiger partial charge in [0.15, 0.2) is 0 Å². The van der Waals surface area contributed by atoms with Crippen LogP contribution in [0.1, 0.15) is 11.3 Å². The summed E-state index contributed by atoms with van der Waals surface area (Å²) < 4.78 is 5.81. The molecule has 0 amide bonds. The standard InChI is InChI=1S/C14H9BrN2OS/c1-2-4-13(19)11-7-9(12-5-3-6-18-12)10(8-16)14(15)17-11/h2-7,19H,1H2/b13-4-. The first-order valence-electron chi connectivity index (χ1n) is 5.34. The predicted octanol–water partition coefficient (Wildman–Crippen LogP) is 4.43. The van der Waals surface area contributed by atoms with Gasteiger partial charge in [0.05, 0.1) is 17.5 Å². The molecule has 3 nitrogen and oxygen atoms in total. The van der Waals surface area contributed by atoms with E-state index in [1.165, 1.54) is 0 Å². The molecule has 2 heterocycles. The quantitative estimate of drug-likeness (QED) is 0.513. The predicted molar refractivity (Wildman–Crippen MR) is 81.5 cm³/mol. The first-order chi connectivity index (χ1) is 9.17. The number of pyridine rings is 1. The third-order valence-corrected chi connectivity index (χ3v) is 3.36. The van der Waals surface area contributed by atoms with Crippen molar-refractivity contribution in [3.8, 4) is 17.4 Å². The Hall–Kier alpha value is -1.77. The lowest BCUT2D eigenvalue weighted by Crippen LogP contribution is -1.93. The van der Waals surface area contributed by atoms with Crippen LogP contribution in [0, 0.1) is 11.3 Å². The summed E-state index contributed by atoms with van der Waals surface area (Å²) in [6, 6.07) is 7.45. The fraction of sp³-hybridized carbons (Fsp3) is 0. The van der Waals surface area contributed by atoms with Crippen LogP contribution in [0.15, 0.2) is 52.2 Å². The van der Waals surface area contributed by atoms with Crippen molar-refractivity contribution in [2.24, 2.45) is 0 Å². The van der Waals surface area contributed by atoms with E-state index in [4.69, 9.17) is 4.42 Å².